The van der Waals surface area contributed by atoms with Crippen LogP contribution >= 0.6 is 0 Å². The summed E-state index contributed by atoms with van der Waals surface area (Å²) in [7, 11) is 0. The van der Waals surface area contributed by atoms with Crippen LogP contribution in [0.25, 0.3) is 0 Å². The molecule has 0 aromatic carbocycles. The van der Waals surface area contributed by atoms with Gasteiger partial charge in [0.1, 0.15) is 84.6 Å². The van der Waals surface area contributed by atoms with Crippen LogP contribution in [0.2, 0.25) is 0 Å². The minimum atomic E-state index is -1.57. The van der Waals surface area contributed by atoms with Gasteiger partial charge >= 0.3 is 0 Å². The van der Waals surface area contributed by atoms with Crippen LogP contribution in [0.3, 0.4) is 0 Å². The van der Waals surface area contributed by atoms with Crippen LogP contribution in [0.5, 0.6) is 0 Å². The third-order valence-corrected chi connectivity index (χ3v) is 20.3. The zero-order chi connectivity index (χ0) is 89.2. The summed E-state index contributed by atoms with van der Waals surface area (Å²) in [6.45, 7) is 30.0. The van der Waals surface area contributed by atoms with E-state index in [0.717, 1.165) is 25.7 Å². The first kappa shape index (κ1) is 108. The van der Waals surface area contributed by atoms with E-state index in [2.05, 4.69) is 81.4 Å². The second-order valence-electron chi connectivity index (χ2n) is 33.2. The van der Waals surface area contributed by atoms with Gasteiger partial charge in [-0.1, -0.05) is 154 Å². The fourth-order valence-electron chi connectivity index (χ4n) is 12.8. The Kier molecular flexibility index (Phi) is 55.6. The number of hydrogen-bond donors (Lipinski definition) is 19. The third kappa shape index (κ3) is 45.8. The van der Waals surface area contributed by atoms with E-state index in [9.17, 15) is 76.7 Å². The molecule has 16 atom stereocenters. The summed E-state index contributed by atoms with van der Waals surface area (Å²) in [4.78, 5) is 220. The van der Waals surface area contributed by atoms with Crippen molar-refractivity contribution in [3.63, 3.8) is 0 Å². The summed E-state index contributed by atoms with van der Waals surface area (Å²) in [5.74, 6) is -13.6. The van der Waals surface area contributed by atoms with E-state index in [1.54, 1.807) is 55.4 Å². The molecule has 0 fully saturated rings. The number of unbranched alkanes of at least 4 members (excludes halogenated alkanes) is 11. The Morgan fingerprint density at radius 2 is 0.513 bits per heavy atom. The summed E-state index contributed by atoms with van der Waals surface area (Å²) < 4.78 is 0. The lowest BCUT2D eigenvalue weighted by molar-refractivity contribution is -0.136. The van der Waals surface area contributed by atoms with Gasteiger partial charge in [-0.05, 0) is 173 Å². The normalized spacial score (nSPS) is 15.5. The van der Waals surface area contributed by atoms with Crippen LogP contribution in [0.4, 0.5) is 0 Å². The molecule has 0 saturated heterocycles. The molecule has 35 nitrogen and oxygen atoms in total. The summed E-state index contributed by atoms with van der Waals surface area (Å²) in [5.41, 5.74) is 28.6. The average Bonchev–Trinajstić information content (AvgIpc) is 0.858. The second kappa shape index (κ2) is 60.0. The van der Waals surface area contributed by atoms with Crippen LogP contribution in [-0.4, -0.2) is 199 Å². The second-order valence-corrected chi connectivity index (χ2v) is 33.2. The Morgan fingerprint density at radius 3 is 0.855 bits per heavy atom. The monoisotopic (exact) mass is 1660 g/mol. The number of nitrogens with one attached hydrogen (secondary N) is 14. The Bertz CT molecular complexity index is 3110. The first-order valence-electron chi connectivity index (χ1n) is 42.9. The molecule has 672 valence electrons. The first-order chi connectivity index (χ1) is 55.0. The molecule has 0 bridgehead atoms. The smallest absolute Gasteiger partial charge is 0.243 e. The molecule has 0 radical (unpaired) electrons. The van der Waals surface area contributed by atoms with Crippen molar-refractivity contribution >= 4 is 94.5 Å². The van der Waals surface area contributed by atoms with Gasteiger partial charge < -0.3 is 103 Å². The van der Waals surface area contributed by atoms with Crippen molar-refractivity contribution in [3.8, 4) is 0 Å². The quantitative estimate of drug-likeness (QED) is 0.0386. The largest absolute Gasteiger partial charge is 0.370 e. The van der Waals surface area contributed by atoms with Crippen molar-refractivity contribution in [1.82, 2.24) is 74.4 Å². The maximum Gasteiger partial charge on any atom is 0.243 e. The Labute approximate surface area is 695 Å². The predicted octanol–water partition coefficient (Wildman–Crippen LogP) is 1.80. The summed E-state index contributed by atoms with van der Waals surface area (Å²) >= 11 is 0. The molecular formula is C82H153N19O16. The third-order valence-electron chi connectivity index (χ3n) is 20.3. The summed E-state index contributed by atoms with van der Waals surface area (Å²) in [6, 6.07) is -17.6. The molecule has 0 heterocycles. The SMILES string of the molecule is CCCCCCCCCCCC(=O)N[C@H](C(=O)N[C@@H](CC(N)=O)C(=O)N[C@@H](CC(C)C)C(=O)N[C@@H](CCCCN)C(=O)N[C@@H](C)C(=O)N[C@@H](CC(C)C)C(=O)N[C@@H](C)C(=O)N[C@@H](C)C(=O)N[C@@H](CC(C)C)C(=O)N[C@@H](C)C(=O)N[C@@H](CCCCN)C(=O)N[C@@H](CCCCN)C(=O)N[C@H](C(=O)N[C@@H](CC(C)C)C(N)=O)[C@@H](C)CC)[C@@H](C)CC. The van der Waals surface area contributed by atoms with Gasteiger partial charge in [0.25, 0.3) is 0 Å². The lowest BCUT2D eigenvalue weighted by Crippen LogP contribution is -2.60. The Morgan fingerprint density at radius 1 is 0.256 bits per heavy atom. The van der Waals surface area contributed by atoms with E-state index in [1.165, 1.54) is 53.4 Å². The van der Waals surface area contributed by atoms with Crippen molar-refractivity contribution in [2.24, 2.45) is 64.2 Å². The van der Waals surface area contributed by atoms with Gasteiger partial charge in [0.2, 0.25) is 94.5 Å². The van der Waals surface area contributed by atoms with Crippen LogP contribution < -0.4 is 103 Å². The minimum absolute atomic E-state index is 0.00423. The molecule has 35 heteroatoms. The van der Waals surface area contributed by atoms with Crippen LogP contribution in [0.15, 0.2) is 0 Å². The Hall–Kier alpha value is -8.60. The van der Waals surface area contributed by atoms with E-state index in [4.69, 9.17) is 28.7 Å². The average molecular weight is 1660 g/mol. The number of carbonyl (C=O) groups excluding carboxylic acids is 16. The fourth-order valence-corrected chi connectivity index (χ4v) is 12.8. The molecular weight excluding hydrogens is 1510 g/mol. The molecule has 0 aromatic heterocycles. The summed E-state index contributed by atoms with van der Waals surface area (Å²) in [6.07, 6.45) is 13.1. The molecule has 0 aliphatic rings. The maximum atomic E-state index is 14.3. The van der Waals surface area contributed by atoms with E-state index in [1.807, 2.05) is 27.7 Å². The highest BCUT2D eigenvalue weighted by atomic mass is 16.2. The fraction of sp³-hybridized carbons (Fsp3) is 0.805. The first-order valence-corrected chi connectivity index (χ1v) is 42.9. The van der Waals surface area contributed by atoms with E-state index in [-0.39, 0.29) is 106 Å². The zero-order valence-corrected chi connectivity index (χ0v) is 73.5. The van der Waals surface area contributed by atoms with Gasteiger partial charge in [-0.2, -0.15) is 0 Å². The topological polar surface area (TPSA) is 572 Å². The van der Waals surface area contributed by atoms with Gasteiger partial charge in [-0.3, -0.25) is 76.7 Å². The van der Waals surface area contributed by atoms with Crippen molar-refractivity contribution in [2.45, 2.75) is 369 Å². The van der Waals surface area contributed by atoms with Gasteiger partial charge in [-0.15, -0.1) is 0 Å². The van der Waals surface area contributed by atoms with Crippen molar-refractivity contribution in [1.29, 1.82) is 0 Å². The van der Waals surface area contributed by atoms with Crippen molar-refractivity contribution < 1.29 is 76.7 Å². The molecule has 117 heavy (non-hydrogen) atoms. The van der Waals surface area contributed by atoms with Gasteiger partial charge in [-0.25, -0.2) is 0 Å². The van der Waals surface area contributed by atoms with Gasteiger partial charge in [0.05, 0.1) is 6.42 Å². The summed E-state index contributed by atoms with van der Waals surface area (Å²) in [5, 5.41) is 37.2. The lowest BCUT2D eigenvalue weighted by atomic mass is 9.96. The molecule has 0 rings (SSSR count). The molecule has 24 N–H and O–H groups in total. The van der Waals surface area contributed by atoms with Crippen LogP contribution in [0, 0.1) is 35.5 Å². The molecule has 0 aliphatic heterocycles. The lowest BCUT2D eigenvalue weighted by Gasteiger charge is -2.29. The zero-order valence-electron chi connectivity index (χ0n) is 73.5. The number of amides is 16. The highest BCUT2D eigenvalue weighted by Crippen LogP contribution is 2.18. The van der Waals surface area contributed by atoms with Crippen LogP contribution in [0.1, 0.15) is 285 Å². The molecule has 0 spiro atoms. The van der Waals surface area contributed by atoms with Crippen molar-refractivity contribution in [3.05, 3.63) is 0 Å². The van der Waals surface area contributed by atoms with E-state index >= 15 is 0 Å². The number of hydrogen-bond acceptors (Lipinski definition) is 19. The number of nitrogens with two attached hydrogens (primary N) is 5. The minimum Gasteiger partial charge on any atom is -0.370 e. The van der Waals surface area contributed by atoms with Crippen LogP contribution in [-0.2, 0) is 76.7 Å². The standard InChI is InChI=1S/C82H153N19O16/c1-18-21-22-23-24-25-26-27-28-38-66(103)100-67(51(12)19-2)81(116)99-64(46-65(86)102)80(115)98-63(45-50(10)11)79(114)94-57(35-29-32-39-83)74(109)89-56(17)73(108)97-61(43-48(6)7)77(112)90-53(14)70(105)88-54(15)72(107)96-62(44-49(8)9)78(113)91-55(16)71(106)92-58(36-30-33-40-84)75(110)93-59(37-31-34-41-85)76(111)101-68(52(13)20-3)82(117)95-60(69(87)104)42-47(4)5/h47-64,67-68H,18-46,83-85H2,1-17H3,(H2,86,102)(H2,87,104)(H,88,105)(H,89,109)(H,90,112)(H,91,113)(H,92,106)(H,93,110)(H,94,114)(H,95,117)(H,96,107)(H,97,108)(H,98,115)(H,99,116)(H,100,103)(H,101,111)/t51-,52-,53-,54-,55-,56-,57-,58-,59-,60-,61-,62-,63-,64-,67-,68-/m0/s1. The number of carbonyl (C=O) groups is 16. The Balaban J connectivity index is 6.41. The number of primary amides is 2. The van der Waals surface area contributed by atoms with Crippen molar-refractivity contribution in [2.75, 3.05) is 19.6 Å². The molecule has 0 unspecified atom stereocenters. The van der Waals surface area contributed by atoms with E-state index < -0.39 is 186 Å². The molecule has 0 saturated carbocycles. The maximum absolute atomic E-state index is 14.3. The molecule has 16 amide bonds. The predicted molar refractivity (Wildman–Crippen MR) is 450 cm³/mol. The van der Waals surface area contributed by atoms with E-state index in [0.29, 0.717) is 57.8 Å². The van der Waals surface area contributed by atoms with Gasteiger partial charge in [0, 0.05) is 6.42 Å². The van der Waals surface area contributed by atoms with Gasteiger partial charge in [0.15, 0.2) is 0 Å². The highest BCUT2D eigenvalue weighted by Gasteiger charge is 2.38. The molecule has 0 aromatic rings. The molecule has 0 aliphatic carbocycles. The highest BCUT2D eigenvalue weighted by molar-refractivity contribution is 6.01. The number of rotatable bonds is 64.